The molecule has 2 atom stereocenters. The molecule has 0 spiro atoms. The first-order valence-electron chi connectivity index (χ1n) is 5.66. The molecule has 0 radical (unpaired) electrons. The molecule has 1 aromatic heterocycles. The Bertz CT molecular complexity index is 456. The zero-order valence-electron chi connectivity index (χ0n) is 9.88. The molecule has 1 saturated carbocycles. The maximum Gasteiger partial charge on any atom is 0.308 e. The van der Waals surface area contributed by atoms with Crippen molar-refractivity contribution in [3.8, 4) is 5.88 Å². The molecule has 7 nitrogen and oxygen atoms in total. The maximum atomic E-state index is 11.8. The average Bonchev–Trinajstić information content (AvgIpc) is 2.96. The van der Waals surface area contributed by atoms with Gasteiger partial charge in [0, 0.05) is 6.04 Å². The minimum atomic E-state index is -0.882. The largest absolute Gasteiger partial charge is 0.481 e. The summed E-state index contributed by atoms with van der Waals surface area (Å²) in [6, 6.07) is 1.01. The number of hydrogen-bond acceptors (Lipinski definition) is 5. The molecule has 98 valence electrons. The molecule has 1 heterocycles. The van der Waals surface area contributed by atoms with E-state index >= 15 is 0 Å². The first kappa shape index (κ1) is 12.4. The molecule has 2 rings (SSSR count). The van der Waals surface area contributed by atoms with Crippen LogP contribution in [0.2, 0.25) is 0 Å². The molecular weight excluding hydrogens is 240 g/mol. The molecule has 1 aliphatic carbocycles. The number of aromatic nitrogens is 1. The number of aliphatic carboxylic acids is 1. The summed E-state index contributed by atoms with van der Waals surface area (Å²) in [6.45, 7) is 0. The number of carbonyl (C=O) groups is 2. The second-order valence-electron chi connectivity index (χ2n) is 4.19. The molecule has 0 aliphatic heterocycles. The van der Waals surface area contributed by atoms with Crippen molar-refractivity contribution >= 4 is 11.9 Å². The Hall–Kier alpha value is -2.05. The third-order valence-electron chi connectivity index (χ3n) is 3.07. The quantitative estimate of drug-likeness (QED) is 0.818. The summed E-state index contributed by atoms with van der Waals surface area (Å²) in [7, 11) is 1.41. The van der Waals surface area contributed by atoms with Crippen LogP contribution in [0.3, 0.4) is 0 Å². The molecule has 0 unspecified atom stereocenters. The summed E-state index contributed by atoms with van der Waals surface area (Å²) in [5.74, 6) is -1.65. The summed E-state index contributed by atoms with van der Waals surface area (Å²) in [6.07, 6.45) is 2.04. The van der Waals surface area contributed by atoms with Crippen LogP contribution in [0.4, 0.5) is 0 Å². The van der Waals surface area contributed by atoms with Gasteiger partial charge in [0.25, 0.3) is 11.8 Å². The van der Waals surface area contributed by atoms with Crippen LogP contribution in [0.25, 0.3) is 0 Å². The van der Waals surface area contributed by atoms with Crippen molar-refractivity contribution in [2.45, 2.75) is 25.3 Å². The monoisotopic (exact) mass is 254 g/mol. The Morgan fingerprint density at radius 2 is 2.33 bits per heavy atom. The first-order valence-corrected chi connectivity index (χ1v) is 5.66. The van der Waals surface area contributed by atoms with E-state index in [1.165, 1.54) is 13.2 Å². The lowest BCUT2D eigenvalue weighted by Crippen LogP contribution is -2.40. The SMILES string of the molecule is COc1cc(C(=O)N[C@@H]2CCC[C@@H]2C(=O)O)on1. The van der Waals surface area contributed by atoms with Crippen LogP contribution >= 0.6 is 0 Å². The van der Waals surface area contributed by atoms with E-state index in [1.807, 2.05) is 0 Å². The first-order chi connectivity index (χ1) is 8.61. The van der Waals surface area contributed by atoms with Gasteiger partial charge in [0.2, 0.25) is 5.76 Å². The van der Waals surface area contributed by atoms with E-state index in [0.29, 0.717) is 12.8 Å². The Morgan fingerprint density at radius 1 is 1.56 bits per heavy atom. The van der Waals surface area contributed by atoms with Crippen molar-refractivity contribution in [2.24, 2.45) is 5.92 Å². The van der Waals surface area contributed by atoms with E-state index < -0.39 is 17.8 Å². The molecule has 1 fully saturated rings. The molecule has 18 heavy (non-hydrogen) atoms. The Labute approximate surface area is 103 Å². The summed E-state index contributed by atoms with van der Waals surface area (Å²) >= 11 is 0. The van der Waals surface area contributed by atoms with Gasteiger partial charge in [-0.05, 0) is 18.0 Å². The molecule has 1 aliphatic rings. The van der Waals surface area contributed by atoms with E-state index in [4.69, 9.17) is 14.4 Å². The number of methoxy groups -OCH3 is 1. The van der Waals surface area contributed by atoms with Gasteiger partial charge in [0.05, 0.1) is 19.1 Å². The van der Waals surface area contributed by atoms with Crippen LogP contribution in [0.15, 0.2) is 10.6 Å². The number of carboxylic acid groups (broad SMARTS) is 1. The number of hydrogen-bond donors (Lipinski definition) is 2. The van der Waals surface area contributed by atoms with Gasteiger partial charge in [-0.25, -0.2) is 0 Å². The molecule has 0 bridgehead atoms. The van der Waals surface area contributed by atoms with E-state index in [9.17, 15) is 9.59 Å². The van der Waals surface area contributed by atoms with Crippen molar-refractivity contribution in [3.05, 3.63) is 11.8 Å². The molecule has 0 aromatic carbocycles. The molecule has 2 N–H and O–H groups in total. The third-order valence-corrected chi connectivity index (χ3v) is 3.07. The van der Waals surface area contributed by atoms with Gasteiger partial charge in [0.15, 0.2) is 0 Å². The number of rotatable bonds is 4. The number of amides is 1. The second-order valence-corrected chi connectivity index (χ2v) is 4.19. The van der Waals surface area contributed by atoms with Crippen LogP contribution in [0.1, 0.15) is 29.8 Å². The highest BCUT2D eigenvalue weighted by molar-refractivity contribution is 5.92. The van der Waals surface area contributed by atoms with Crippen LogP contribution in [-0.2, 0) is 4.79 Å². The van der Waals surface area contributed by atoms with Crippen molar-refractivity contribution < 1.29 is 24.0 Å². The van der Waals surface area contributed by atoms with Crippen molar-refractivity contribution in [2.75, 3.05) is 7.11 Å². The van der Waals surface area contributed by atoms with Crippen LogP contribution in [0, 0.1) is 5.92 Å². The highest BCUT2D eigenvalue weighted by atomic mass is 16.5. The van der Waals surface area contributed by atoms with Crippen LogP contribution < -0.4 is 10.1 Å². The van der Waals surface area contributed by atoms with E-state index in [1.54, 1.807) is 0 Å². The average molecular weight is 254 g/mol. The summed E-state index contributed by atoms with van der Waals surface area (Å²) < 4.78 is 9.58. The predicted octanol–water partition coefficient (Wildman–Crippen LogP) is 0.666. The lowest BCUT2D eigenvalue weighted by Gasteiger charge is -2.16. The van der Waals surface area contributed by atoms with Gasteiger partial charge in [-0.3, -0.25) is 9.59 Å². The van der Waals surface area contributed by atoms with Gasteiger partial charge in [0.1, 0.15) is 0 Å². The zero-order chi connectivity index (χ0) is 13.1. The Morgan fingerprint density at radius 3 is 2.94 bits per heavy atom. The second kappa shape index (κ2) is 5.07. The maximum absolute atomic E-state index is 11.8. The number of nitrogens with one attached hydrogen (secondary N) is 1. The lowest BCUT2D eigenvalue weighted by molar-refractivity contribution is -0.142. The smallest absolute Gasteiger partial charge is 0.308 e. The fraction of sp³-hybridized carbons (Fsp3) is 0.545. The fourth-order valence-corrected chi connectivity index (χ4v) is 2.13. The summed E-state index contributed by atoms with van der Waals surface area (Å²) in [4.78, 5) is 22.8. The minimum Gasteiger partial charge on any atom is -0.481 e. The third kappa shape index (κ3) is 2.44. The summed E-state index contributed by atoms with van der Waals surface area (Å²) in [5.41, 5.74) is 0. The molecule has 7 heteroatoms. The van der Waals surface area contributed by atoms with E-state index in [0.717, 1.165) is 6.42 Å². The Kier molecular flexibility index (Phi) is 3.50. The van der Waals surface area contributed by atoms with Crippen LogP contribution in [0.5, 0.6) is 5.88 Å². The number of ether oxygens (including phenoxy) is 1. The fourth-order valence-electron chi connectivity index (χ4n) is 2.13. The highest BCUT2D eigenvalue weighted by Crippen LogP contribution is 2.26. The topological polar surface area (TPSA) is 102 Å². The van der Waals surface area contributed by atoms with Crippen molar-refractivity contribution in [1.82, 2.24) is 10.5 Å². The number of carbonyl (C=O) groups excluding carboxylic acids is 1. The van der Waals surface area contributed by atoms with E-state index in [-0.39, 0.29) is 17.7 Å². The molecule has 1 amide bonds. The molecule has 0 saturated heterocycles. The van der Waals surface area contributed by atoms with Gasteiger partial charge in [-0.15, -0.1) is 0 Å². The van der Waals surface area contributed by atoms with Gasteiger partial charge >= 0.3 is 5.97 Å². The number of carboxylic acids is 1. The summed E-state index contributed by atoms with van der Waals surface area (Å²) in [5, 5.41) is 15.2. The minimum absolute atomic E-state index is 0.0166. The van der Waals surface area contributed by atoms with Gasteiger partial charge in [-0.2, -0.15) is 0 Å². The zero-order valence-corrected chi connectivity index (χ0v) is 9.88. The van der Waals surface area contributed by atoms with Gasteiger partial charge < -0.3 is 19.7 Å². The normalized spacial score (nSPS) is 22.7. The van der Waals surface area contributed by atoms with Crippen molar-refractivity contribution in [1.29, 1.82) is 0 Å². The lowest BCUT2D eigenvalue weighted by atomic mass is 10.0. The molecular formula is C11H14N2O5. The van der Waals surface area contributed by atoms with Crippen LogP contribution in [-0.4, -0.2) is 35.3 Å². The predicted molar refractivity (Wildman–Crippen MR) is 59.3 cm³/mol. The standard InChI is InChI=1S/C11H14N2O5/c1-17-9-5-8(18-13-9)10(14)12-7-4-2-3-6(7)11(15)16/h5-7H,2-4H2,1H3,(H,12,14)(H,15,16)/t6-,7+/m0/s1. The molecule has 1 aromatic rings. The van der Waals surface area contributed by atoms with Gasteiger partial charge in [-0.1, -0.05) is 6.42 Å². The Balaban J connectivity index is 2.00. The van der Waals surface area contributed by atoms with E-state index in [2.05, 4.69) is 10.5 Å². The number of nitrogens with zero attached hydrogens (tertiary/aromatic N) is 1. The van der Waals surface area contributed by atoms with Crippen molar-refractivity contribution in [3.63, 3.8) is 0 Å². The highest BCUT2D eigenvalue weighted by Gasteiger charge is 2.34.